The van der Waals surface area contributed by atoms with E-state index < -0.39 is 0 Å². The molecule has 2 heterocycles. The zero-order chi connectivity index (χ0) is 21.0. The van der Waals surface area contributed by atoms with Gasteiger partial charge in [0.15, 0.2) is 0 Å². The van der Waals surface area contributed by atoms with Gasteiger partial charge in [-0.15, -0.1) is 0 Å². The van der Waals surface area contributed by atoms with E-state index in [2.05, 4.69) is 27.3 Å². The molecule has 2 aromatic heterocycles. The third-order valence-electron chi connectivity index (χ3n) is 4.80. The SMILES string of the molecule is Cc1oc2ncn(CC(C)C)c(=O)c2c1C(=O)NCCCN(C)c1ccccc1. The number of hydrogen-bond acceptors (Lipinski definition) is 5. The molecule has 0 spiro atoms. The molecule has 29 heavy (non-hydrogen) atoms. The molecular weight excluding hydrogens is 368 g/mol. The molecule has 0 atom stereocenters. The number of hydrogen-bond donors (Lipinski definition) is 1. The van der Waals surface area contributed by atoms with Gasteiger partial charge in [0.05, 0.1) is 5.56 Å². The van der Waals surface area contributed by atoms with Gasteiger partial charge >= 0.3 is 0 Å². The summed E-state index contributed by atoms with van der Waals surface area (Å²) in [5, 5.41) is 3.17. The van der Waals surface area contributed by atoms with E-state index in [0.29, 0.717) is 24.8 Å². The first kappa shape index (κ1) is 20.6. The van der Waals surface area contributed by atoms with E-state index in [0.717, 1.165) is 18.7 Å². The van der Waals surface area contributed by atoms with Crippen LogP contribution in [0.4, 0.5) is 5.69 Å². The highest BCUT2D eigenvalue weighted by Crippen LogP contribution is 2.21. The predicted molar refractivity (Wildman–Crippen MR) is 115 cm³/mol. The van der Waals surface area contributed by atoms with E-state index in [1.54, 1.807) is 6.92 Å². The monoisotopic (exact) mass is 396 g/mol. The van der Waals surface area contributed by atoms with Gasteiger partial charge in [0.1, 0.15) is 17.5 Å². The van der Waals surface area contributed by atoms with Crippen LogP contribution >= 0.6 is 0 Å². The fourth-order valence-corrected chi connectivity index (χ4v) is 3.35. The third-order valence-corrected chi connectivity index (χ3v) is 4.80. The van der Waals surface area contributed by atoms with Gasteiger partial charge < -0.3 is 14.6 Å². The number of carbonyl (C=O) groups excluding carboxylic acids is 1. The number of benzene rings is 1. The van der Waals surface area contributed by atoms with Crippen molar-refractivity contribution in [3.05, 3.63) is 58.3 Å². The van der Waals surface area contributed by atoms with E-state index in [4.69, 9.17) is 4.42 Å². The van der Waals surface area contributed by atoms with Crippen LogP contribution in [0.3, 0.4) is 0 Å². The summed E-state index contributed by atoms with van der Waals surface area (Å²) in [4.78, 5) is 32.0. The lowest BCUT2D eigenvalue weighted by molar-refractivity contribution is 0.0953. The number of furan rings is 1. The van der Waals surface area contributed by atoms with E-state index in [9.17, 15) is 9.59 Å². The number of fused-ring (bicyclic) bond motifs is 1. The molecule has 154 valence electrons. The maximum absolute atomic E-state index is 12.9. The van der Waals surface area contributed by atoms with Gasteiger partial charge in [-0.2, -0.15) is 0 Å². The Morgan fingerprint density at radius 1 is 1.28 bits per heavy atom. The molecule has 0 saturated heterocycles. The van der Waals surface area contributed by atoms with Gasteiger partial charge in [0, 0.05) is 32.4 Å². The second kappa shape index (κ2) is 8.94. The lowest BCUT2D eigenvalue weighted by Crippen LogP contribution is -2.30. The molecule has 1 amide bonds. The van der Waals surface area contributed by atoms with Crippen molar-refractivity contribution < 1.29 is 9.21 Å². The minimum Gasteiger partial charge on any atom is -0.442 e. The molecule has 0 bridgehead atoms. The summed E-state index contributed by atoms with van der Waals surface area (Å²) in [7, 11) is 2.02. The molecular formula is C22H28N4O3. The molecule has 7 nitrogen and oxygen atoms in total. The van der Waals surface area contributed by atoms with Crippen LogP contribution in [0.1, 0.15) is 36.4 Å². The van der Waals surface area contributed by atoms with Crippen LogP contribution in [-0.2, 0) is 6.54 Å². The Morgan fingerprint density at radius 2 is 2.00 bits per heavy atom. The molecule has 0 saturated carbocycles. The number of anilines is 1. The van der Waals surface area contributed by atoms with E-state index >= 15 is 0 Å². The number of aryl methyl sites for hydroxylation is 1. The predicted octanol–water partition coefficient (Wildman–Crippen LogP) is 3.21. The highest BCUT2D eigenvalue weighted by Gasteiger charge is 2.22. The highest BCUT2D eigenvalue weighted by atomic mass is 16.3. The number of para-hydroxylation sites is 1. The largest absolute Gasteiger partial charge is 0.442 e. The molecule has 0 aliphatic rings. The number of nitrogens with one attached hydrogen (secondary N) is 1. The quantitative estimate of drug-likeness (QED) is 0.592. The van der Waals surface area contributed by atoms with Crippen LogP contribution in [0, 0.1) is 12.8 Å². The second-order valence-electron chi connectivity index (χ2n) is 7.68. The molecule has 1 aromatic carbocycles. The smallest absolute Gasteiger partial charge is 0.265 e. The maximum Gasteiger partial charge on any atom is 0.265 e. The summed E-state index contributed by atoms with van der Waals surface area (Å²) >= 11 is 0. The average molecular weight is 396 g/mol. The summed E-state index contributed by atoms with van der Waals surface area (Å²) in [6.07, 6.45) is 2.26. The van der Waals surface area contributed by atoms with Gasteiger partial charge in [-0.25, -0.2) is 4.98 Å². The van der Waals surface area contributed by atoms with Crippen molar-refractivity contribution in [2.24, 2.45) is 5.92 Å². The number of carbonyl (C=O) groups is 1. The third kappa shape index (κ3) is 4.67. The van der Waals surface area contributed by atoms with Crippen molar-refractivity contribution >= 4 is 22.7 Å². The van der Waals surface area contributed by atoms with Crippen LogP contribution < -0.4 is 15.8 Å². The average Bonchev–Trinajstić information content (AvgIpc) is 3.04. The molecule has 7 heteroatoms. The number of aromatic nitrogens is 2. The van der Waals surface area contributed by atoms with Crippen LogP contribution in [0.2, 0.25) is 0 Å². The van der Waals surface area contributed by atoms with Gasteiger partial charge in [-0.05, 0) is 31.4 Å². The first-order valence-electron chi connectivity index (χ1n) is 9.91. The van der Waals surface area contributed by atoms with E-state index in [-0.39, 0.29) is 28.1 Å². The zero-order valence-corrected chi connectivity index (χ0v) is 17.4. The Morgan fingerprint density at radius 3 is 2.69 bits per heavy atom. The fourth-order valence-electron chi connectivity index (χ4n) is 3.35. The van der Waals surface area contributed by atoms with E-state index in [1.807, 2.05) is 39.1 Å². The van der Waals surface area contributed by atoms with Crippen LogP contribution in [0.5, 0.6) is 0 Å². The second-order valence-corrected chi connectivity index (χ2v) is 7.68. The minimum absolute atomic E-state index is 0.210. The van der Waals surface area contributed by atoms with E-state index in [1.165, 1.54) is 10.9 Å². The lowest BCUT2D eigenvalue weighted by Gasteiger charge is -2.19. The number of nitrogens with zero attached hydrogens (tertiary/aromatic N) is 3. The minimum atomic E-state index is -0.301. The van der Waals surface area contributed by atoms with Gasteiger partial charge in [-0.3, -0.25) is 14.2 Å². The molecule has 1 N–H and O–H groups in total. The summed E-state index contributed by atoms with van der Waals surface area (Å²) < 4.78 is 7.11. The molecule has 0 fully saturated rings. The summed E-state index contributed by atoms with van der Waals surface area (Å²) in [6.45, 7) is 7.58. The Bertz CT molecular complexity index is 1040. The van der Waals surface area contributed by atoms with Crippen LogP contribution in [0.15, 0.2) is 45.9 Å². The standard InChI is InChI=1S/C22H28N4O3/c1-15(2)13-26-14-24-21-19(22(26)28)18(16(3)29-21)20(27)23-11-8-12-25(4)17-9-6-5-7-10-17/h5-7,9-10,14-15H,8,11-13H2,1-4H3,(H,23,27). The molecule has 0 unspecified atom stereocenters. The van der Waals surface area contributed by atoms with Crippen molar-refractivity contribution in [2.75, 3.05) is 25.0 Å². The Balaban J connectivity index is 1.69. The molecule has 0 radical (unpaired) electrons. The summed E-state index contributed by atoms with van der Waals surface area (Å²) in [6, 6.07) is 10.1. The first-order valence-corrected chi connectivity index (χ1v) is 9.91. The van der Waals surface area contributed by atoms with Gasteiger partial charge in [0.2, 0.25) is 5.71 Å². The molecule has 0 aliphatic carbocycles. The molecule has 0 aliphatic heterocycles. The van der Waals surface area contributed by atoms with Crippen molar-refractivity contribution in [3.63, 3.8) is 0 Å². The first-order chi connectivity index (χ1) is 13.9. The van der Waals surface area contributed by atoms with Crippen molar-refractivity contribution in [2.45, 2.75) is 33.7 Å². The van der Waals surface area contributed by atoms with Crippen LogP contribution in [-0.4, -0.2) is 35.6 Å². The Hall–Kier alpha value is -3.09. The van der Waals surface area contributed by atoms with Crippen molar-refractivity contribution in [1.82, 2.24) is 14.9 Å². The zero-order valence-electron chi connectivity index (χ0n) is 17.4. The topological polar surface area (TPSA) is 80.4 Å². The maximum atomic E-state index is 12.9. The highest BCUT2D eigenvalue weighted by molar-refractivity contribution is 6.06. The summed E-state index contributed by atoms with van der Waals surface area (Å²) in [5.74, 6) is 0.398. The number of amides is 1. The van der Waals surface area contributed by atoms with Crippen molar-refractivity contribution in [1.29, 1.82) is 0 Å². The van der Waals surface area contributed by atoms with Gasteiger partial charge in [0.25, 0.3) is 11.5 Å². The Kier molecular flexibility index (Phi) is 6.36. The number of rotatable bonds is 8. The Labute approximate surface area is 170 Å². The van der Waals surface area contributed by atoms with Crippen molar-refractivity contribution in [3.8, 4) is 0 Å². The summed E-state index contributed by atoms with van der Waals surface area (Å²) in [5.41, 5.74) is 1.38. The molecule has 3 aromatic rings. The molecule has 3 rings (SSSR count). The normalized spacial score (nSPS) is 11.2. The fraction of sp³-hybridized carbons (Fsp3) is 0.409. The lowest BCUT2D eigenvalue weighted by atomic mass is 10.1. The van der Waals surface area contributed by atoms with Crippen LogP contribution in [0.25, 0.3) is 11.1 Å². The van der Waals surface area contributed by atoms with Gasteiger partial charge in [-0.1, -0.05) is 32.0 Å².